The van der Waals surface area contributed by atoms with E-state index in [1.54, 1.807) is 6.08 Å². The summed E-state index contributed by atoms with van der Waals surface area (Å²) in [5.74, 6) is 0. The molecule has 4 nitrogen and oxygen atoms in total. The Morgan fingerprint density at radius 2 is 1.80 bits per heavy atom. The lowest BCUT2D eigenvalue weighted by molar-refractivity contribution is 0.249. The molecule has 0 aliphatic carbocycles. The molecule has 4 heteroatoms. The van der Waals surface area contributed by atoms with Crippen LogP contribution in [0.15, 0.2) is 49.0 Å². The molecule has 0 aromatic heterocycles. The van der Waals surface area contributed by atoms with E-state index in [1.807, 2.05) is 49.4 Å². The van der Waals surface area contributed by atoms with Crippen LogP contribution in [0.4, 0.5) is 16.2 Å². The highest BCUT2D eigenvalue weighted by molar-refractivity contribution is 5.89. The van der Waals surface area contributed by atoms with E-state index >= 15 is 0 Å². The molecule has 0 spiro atoms. The van der Waals surface area contributed by atoms with Crippen LogP contribution in [0.1, 0.15) is 50.4 Å². The van der Waals surface area contributed by atoms with Gasteiger partial charge in [0, 0.05) is 11.4 Å². The Balaban J connectivity index is 2.01. The molecule has 4 N–H and O–H groups in total. The van der Waals surface area contributed by atoms with Crippen molar-refractivity contribution < 1.29 is 4.79 Å². The summed E-state index contributed by atoms with van der Waals surface area (Å²) in [6.45, 7) is 12.2. The maximum absolute atomic E-state index is 12.2. The molecule has 0 heterocycles. The Morgan fingerprint density at radius 1 is 1.16 bits per heavy atom. The van der Waals surface area contributed by atoms with Gasteiger partial charge in [0.15, 0.2) is 0 Å². The molecule has 2 aromatic rings. The zero-order valence-electron chi connectivity index (χ0n) is 15.4. The number of carbonyl (C=O) groups is 1. The summed E-state index contributed by atoms with van der Waals surface area (Å²) in [7, 11) is 0. The zero-order chi connectivity index (χ0) is 18.6. The van der Waals surface area contributed by atoms with Crippen LogP contribution in [0.5, 0.6) is 0 Å². The summed E-state index contributed by atoms with van der Waals surface area (Å²) >= 11 is 0. The summed E-state index contributed by atoms with van der Waals surface area (Å²) in [5.41, 5.74) is 10.5. The Kier molecular flexibility index (Phi) is 5.52. The van der Waals surface area contributed by atoms with E-state index in [0.717, 1.165) is 16.8 Å². The lowest BCUT2D eigenvalue weighted by atomic mass is 9.87. The van der Waals surface area contributed by atoms with Gasteiger partial charge in [0.2, 0.25) is 0 Å². The number of benzene rings is 2. The van der Waals surface area contributed by atoms with Gasteiger partial charge >= 0.3 is 6.03 Å². The van der Waals surface area contributed by atoms with Crippen molar-refractivity contribution in [1.82, 2.24) is 5.32 Å². The second-order valence-electron chi connectivity index (χ2n) is 7.24. The summed E-state index contributed by atoms with van der Waals surface area (Å²) < 4.78 is 0. The molecule has 0 aliphatic rings. The van der Waals surface area contributed by atoms with Gasteiger partial charge in [-0.05, 0) is 53.3 Å². The number of rotatable bonds is 4. The molecular formula is C21H27N3O. The smallest absolute Gasteiger partial charge is 0.319 e. The van der Waals surface area contributed by atoms with Crippen LogP contribution in [0, 0.1) is 0 Å². The highest BCUT2D eigenvalue weighted by atomic mass is 16.2. The summed E-state index contributed by atoms with van der Waals surface area (Å²) in [5, 5.41) is 5.80. The number of nitrogens with two attached hydrogens (primary N) is 1. The summed E-state index contributed by atoms with van der Waals surface area (Å²) in [6, 6.07) is 13.2. The third-order valence-electron chi connectivity index (χ3n) is 4.19. The fourth-order valence-corrected chi connectivity index (χ4v) is 2.54. The number of hydrogen-bond acceptors (Lipinski definition) is 2. The third-order valence-corrected chi connectivity index (χ3v) is 4.19. The van der Waals surface area contributed by atoms with Crippen molar-refractivity contribution in [3.05, 3.63) is 65.7 Å². The molecule has 2 aromatic carbocycles. The highest BCUT2D eigenvalue weighted by Crippen LogP contribution is 2.24. The first-order valence-corrected chi connectivity index (χ1v) is 8.40. The average molecular weight is 337 g/mol. The van der Waals surface area contributed by atoms with Crippen molar-refractivity contribution >= 4 is 23.5 Å². The normalized spacial score (nSPS) is 12.3. The van der Waals surface area contributed by atoms with Crippen LogP contribution in [0.2, 0.25) is 0 Å². The van der Waals surface area contributed by atoms with Crippen LogP contribution in [-0.2, 0) is 5.41 Å². The lowest BCUT2D eigenvalue weighted by Crippen LogP contribution is -2.31. The minimum atomic E-state index is -0.243. The zero-order valence-corrected chi connectivity index (χ0v) is 15.4. The third kappa shape index (κ3) is 4.86. The summed E-state index contributed by atoms with van der Waals surface area (Å²) in [6.07, 6.45) is 1.71. The van der Waals surface area contributed by atoms with Gasteiger partial charge in [0.05, 0.1) is 6.04 Å². The van der Waals surface area contributed by atoms with Crippen molar-refractivity contribution in [1.29, 1.82) is 0 Å². The van der Waals surface area contributed by atoms with Crippen LogP contribution < -0.4 is 16.4 Å². The van der Waals surface area contributed by atoms with Crippen LogP contribution in [0.25, 0.3) is 6.08 Å². The van der Waals surface area contributed by atoms with Crippen LogP contribution in [0.3, 0.4) is 0 Å². The molecule has 0 saturated heterocycles. The quantitative estimate of drug-likeness (QED) is 0.680. The van der Waals surface area contributed by atoms with E-state index < -0.39 is 0 Å². The van der Waals surface area contributed by atoms with Crippen LogP contribution >= 0.6 is 0 Å². The second kappa shape index (κ2) is 7.43. The molecule has 132 valence electrons. The molecule has 0 aliphatic heterocycles. The van der Waals surface area contributed by atoms with E-state index in [4.69, 9.17) is 5.73 Å². The molecule has 0 saturated carbocycles. The number of hydrogen-bond donors (Lipinski definition) is 3. The number of amides is 2. The maximum Gasteiger partial charge on any atom is 0.319 e. The number of urea groups is 1. The van der Waals surface area contributed by atoms with Crippen molar-refractivity contribution in [3.8, 4) is 0 Å². The first-order chi connectivity index (χ1) is 11.7. The van der Waals surface area contributed by atoms with Crippen molar-refractivity contribution in [2.24, 2.45) is 0 Å². The molecule has 2 rings (SSSR count). The van der Waals surface area contributed by atoms with Gasteiger partial charge in [-0.15, -0.1) is 0 Å². The SMILES string of the molecule is C=Cc1cc(C(C)NC(=O)Nc2ccc(C(C)(C)C)cc2)ccc1N. The van der Waals surface area contributed by atoms with Gasteiger partial charge in [-0.25, -0.2) is 4.79 Å². The van der Waals surface area contributed by atoms with E-state index in [9.17, 15) is 4.79 Å². The lowest BCUT2D eigenvalue weighted by Gasteiger charge is -2.20. The van der Waals surface area contributed by atoms with E-state index in [1.165, 1.54) is 5.56 Å². The fraction of sp³-hybridized carbons (Fsp3) is 0.286. The highest BCUT2D eigenvalue weighted by Gasteiger charge is 2.14. The number of nitrogens with one attached hydrogen (secondary N) is 2. The molecule has 1 atom stereocenters. The molecular weight excluding hydrogens is 310 g/mol. The van der Waals surface area contributed by atoms with E-state index in [0.29, 0.717) is 5.69 Å². The second-order valence-corrected chi connectivity index (χ2v) is 7.24. The molecule has 2 amide bonds. The van der Waals surface area contributed by atoms with Crippen molar-refractivity contribution in [3.63, 3.8) is 0 Å². The summed E-state index contributed by atoms with van der Waals surface area (Å²) in [4.78, 5) is 12.2. The number of nitrogen functional groups attached to an aromatic ring is 1. The topological polar surface area (TPSA) is 67.2 Å². The monoisotopic (exact) mass is 337 g/mol. The average Bonchev–Trinajstić information content (AvgIpc) is 2.54. The predicted molar refractivity (Wildman–Crippen MR) is 107 cm³/mol. The minimum Gasteiger partial charge on any atom is -0.398 e. The largest absolute Gasteiger partial charge is 0.398 e. The van der Waals surface area contributed by atoms with E-state index in [2.05, 4.69) is 38.0 Å². The molecule has 1 unspecified atom stereocenters. The Labute approximate surface area is 150 Å². The standard InChI is InChI=1S/C21H27N3O/c1-6-15-13-16(7-12-19(15)22)14(2)23-20(25)24-18-10-8-17(9-11-18)21(3,4)5/h6-14H,1,22H2,2-5H3,(H2,23,24,25). The van der Waals surface area contributed by atoms with Gasteiger partial charge in [-0.1, -0.05) is 51.6 Å². The molecule has 0 radical (unpaired) electrons. The Hall–Kier alpha value is -2.75. The van der Waals surface area contributed by atoms with E-state index in [-0.39, 0.29) is 17.5 Å². The van der Waals surface area contributed by atoms with Gasteiger partial charge in [0.25, 0.3) is 0 Å². The predicted octanol–water partition coefficient (Wildman–Crippen LogP) is 5.09. The molecule has 0 bridgehead atoms. The number of carbonyl (C=O) groups excluding carboxylic acids is 1. The minimum absolute atomic E-state index is 0.0906. The molecule has 0 fully saturated rings. The maximum atomic E-state index is 12.2. The molecule has 25 heavy (non-hydrogen) atoms. The fourth-order valence-electron chi connectivity index (χ4n) is 2.54. The number of anilines is 2. The van der Waals surface area contributed by atoms with Crippen molar-refractivity contribution in [2.45, 2.75) is 39.2 Å². The van der Waals surface area contributed by atoms with Gasteiger partial charge < -0.3 is 16.4 Å². The Morgan fingerprint density at radius 3 is 2.36 bits per heavy atom. The van der Waals surface area contributed by atoms with Crippen LogP contribution in [-0.4, -0.2) is 6.03 Å². The Bertz CT molecular complexity index is 758. The van der Waals surface area contributed by atoms with Crippen molar-refractivity contribution in [2.75, 3.05) is 11.1 Å². The van der Waals surface area contributed by atoms with Gasteiger partial charge in [-0.2, -0.15) is 0 Å². The van der Waals surface area contributed by atoms with Gasteiger partial charge in [-0.3, -0.25) is 0 Å². The first kappa shape index (κ1) is 18.6. The first-order valence-electron chi connectivity index (χ1n) is 8.40. The van der Waals surface area contributed by atoms with Gasteiger partial charge in [0.1, 0.15) is 0 Å².